The van der Waals surface area contributed by atoms with Crippen LogP contribution in [0.25, 0.3) is 0 Å². The van der Waals surface area contributed by atoms with Crippen LogP contribution in [0.4, 0.5) is 0 Å². The van der Waals surface area contributed by atoms with Gasteiger partial charge in [-0.2, -0.15) is 0 Å². The average molecular weight is 509 g/mol. The summed E-state index contributed by atoms with van der Waals surface area (Å²) in [5, 5.41) is 2.35. The second kappa shape index (κ2) is 7.69. The van der Waals surface area contributed by atoms with Crippen molar-refractivity contribution in [3.63, 3.8) is 0 Å². The molecule has 126 valence electrons. The number of allylic oxidation sites excluding steroid dienone is 4. The van der Waals surface area contributed by atoms with E-state index in [1.54, 1.807) is 24.6 Å². The Morgan fingerprint density at radius 3 is 1.60 bits per heavy atom. The van der Waals surface area contributed by atoms with Crippen molar-refractivity contribution in [2.24, 2.45) is 0 Å². The van der Waals surface area contributed by atoms with Crippen molar-refractivity contribution in [2.75, 3.05) is 0 Å². The SMILES string of the molecule is [2H]N1C=CC=[C]([Ir+][C]2=CC=CN([2H])C2([2H])c2ccccc2)C1([2H])c1ccccc1. The van der Waals surface area contributed by atoms with Gasteiger partial charge in [-0.1, -0.05) is 0 Å². The first kappa shape index (κ1) is 12.1. The van der Waals surface area contributed by atoms with Gasteiger partial charge in [0.2, 0.25) is 0 Å². The second-order valence-corrected chi connectivity index (χ2v) is 8.61. The monoisotopic (exact) mass is 509 g/mol. The topological polar surface area (TPSA) is 24.1 Å². The van der Waals surface area contributed by atoms with Gasteiger partial charge in [-0.3, -0.25) is 0 Å². The van der Waals surface area contributed by atoms with Gasteiger partial charge >= 0.3 is 163 Å². The van der Waals surface area contributed by atoms with Gasteiger partial charge in [-0.25, -0.2) is 0 Å². The Kier molecular flexibility index (Phi) is 3.71. The molecule has 0 amide bonds. The van der Waals surface area contributed by atoms with Crippen LogP contribution in [0.5, 0.6) is 0 Å². The molecule has 2 nitrogen and oxygen atoms in total. The molecule has 0 saturated carbocycles. The summed E-state index contributed by atoms with van der Waals surface area (Å²) in [7, 11) is 0. The fourth-order valence-corrected chi connectivity index (χ4v) is 5.72. The minimum absolute atomic E-state index is 0.722. The van der Waals surface area contributed by atoms with Gasteiger partial charge in [-0.05, 0) is 0 Å². The predicted molar refractivity (Wildman–Crippen MR) is 99.1 cm³/mol. The van der Waals surface area contributed by atoms with Gasteiger partial charge in [0, 0.05) is 0 Å². The zero-order valence-electron chi connectivity index (χ0n) is 17.5. The van der Waals surface area contributed by atoms with Crippen molar-refractivity contribution in [3.8, 4) is 0 Å². The Labute approximate surface area is 162 Å². The summed E-state index contributed by atoms with van der Waals surface area (Å²) in [4.78, 5) is 0. The van der Waals surface area contributed by atoms with Crippen LogP contribution in [0, 0.1) is 0 Å². The van der Waals surface area contributed by atoms with Gasteiger partial charge in [-0.15, -0.1) is 0 Å². The molecule has 0 aliphatic carbocycles. The molecule has 3 heteroatoms. The number of dihydropyridines is 2. The van der Waals surface area contributed by atoms with Crippen molar-refractivity contribution in [1.82, 2.24) is 10.6 Å². The van der Waals surface area contributed by atoms with E-state index in [2.05, 4.69) is 0 Å². The third-order valence-corrected chi connectivity index (χ3v) is 6.98. The Hall–Kier alpha value is -2.35. The third kappa shape index (κ3) is 3.68. The van der Waals surface area contributed by atoms with Crippen LogP contribution in [0.3, 0.4) is 0 Å². The first-order chi connectivity index (χ1) is 14.0. The van der Waals surface area contributed by atoms with E-state index in [1.165, 1.54) is 10.6 Å². The van der Waals surface area contributed by atoms with Gasteiger partial charge in [0.15, 0.2) is 0 Å². The van der Waals surface area contributed by atoms with E-state index in [0.717, 1.165) is 19.3 Å². The normalized spacial score (nSPS) is 30.9. The molecule has 0 spiro atoms. The molecule has 25 heavy (non-hydrogen) atoms. The van der Waals surface area contributed by atoms with Crippen molar-refractivity contribution < 1.29 is 23.3 Å². The van der Waals surface area contributed by atoms with Gasteiger partial charge in [0.1, 0.15) is 0 Å². The molecule has 2 unspecified atom stereocenters. The first-order valence-corrected chi connectivity index (χ1v) is 10.4. The number of benzene rings is 2. The number of hydrogen-bond acceptors (Lipinski definition) is 2. The van der Waals surface area contributed by atoms with E-state index in [1.807, 2.05) is 72.8 Å². The molecule has 2 aromatic rings. The Balaban J connectivity index is 1.77. The van der Waals surface area contributed by atoms with Crippen LogP contribution in [0.15, 0.2) is 106 Å². The molecule has 2 heterocycles. The number of nitrogens with one attached hydrogen (secondary N) is 2. The zero-order valence-corrected chi connectivity index (χ0v) is 15.9. The summed E-state index contributed by atoms with van der Waals surface area (Å²) in [5.74, 6) is 0. The van der Waals surface area contributed by atoms with E-state index < -0.39 is 29.7 Å². The molecule has 2 atom stereocenters. The van der Waals surface area contributed by atoms with Crippen LogP contribution in [-0.4, -0.2) is 0 Å². The molecular formula is C22H20IrN2+. The van der Waals surface area contributed by atoms with E-state index in [4.69, 9.17) is 2.82 Å². The molecule has 2 aromatic carbocycles. The molecule has 2 aliphatic rings. The summed E-state index contributed by atoms with van der Waals surface area (Å²) in [6.07, 6.45) is 10.6. The van der Waals surface area contributed by atoms with Gasteiger partial charge in [0.25, 0.3) is 0 Å². The van der Waals surface area contributed by atoms with Crippen LogP contribution in [-0.2, 0) is 17.7 Å². The van der Waals surface area contributed by atoms with E-state index in [-0.39, 0.29) is 0 Å². The van der Waals surface area contributed by atoms with Gasteiger partial charge < -0.3 is 0 Å². The van der Waals surface area contributed by atoms with Crippen molar-refractivity contribution in [2.45, 2.75) is 12.0 Å². The molecule has 4 rings (SSSR count). The summed E-state index contributed by atoms with van der Waals surface area (Å²) in [6.45, 7) is 0. The molecule has 0 saturated heterocycles. The molecule has 2 N–H and O–H groups in total. The standard InChI is InChI=1S/2C11H10N.Ir/c2*1-2-6-10(7-3-1)11-8-4-5-9-12-11;/h2*1-7,9,11-12H;/q;;+1/i2*11D;/hD2. The van der Waals surface area contributed by atoms with Crippen LogP contribution >= 0.6 is 0 Å². The summed E-state index contributed by atoms with van der Waals surface area (Å²) < 4.78 is 36.9. The Bertz CT molecular complexity index is 924. The molecule has 0 aromatic heterocycles. The molecule has 2 aliphatic heterocycles. The van der Waals surface area contributed by atoms with E-state index in [9.17, 15) is 2.74 Å². The predicted octanol–water partition coefficient (Wildman–Crippen LogP) is 4.55. The van der Waals surface area contributed by atoms with Crippen LogP contribution in [0.1, 0.15) is 25.9 Å². The molecule has 0 radical (unpaired) electrons. The maximum absolute atomic E-state index is 9.21. The summed E-state index contributed by atoms with van der Waals surface area (Å²) >= 11 is -1.16. The van der Waals surface area contributed by atoms with Crippen molar-refractivity contribution in [1.29, 1.82) is 0 Å². The van der Waals surface area contributed by atoms with E-state index in [0.29, 0.717) is 0 Å². The first-order valence-electron chi connectivity index (χ1n) is 9.92. The van der Waals surface area contributed by atoms with Crippen LogP contribution < -0.4 is 10.6 Å². The fourth-order valence-electron chi connectivity index (χ4n) is 2.59. The van der Waals surface area contributed by atoms with Crippen molar-refractivity contribution >= 4 is 0 Å². The quantitative estimate of drug-likeness (QED) is 0.633. The Morgan fingerprint density at radius 1 is 0.720 bits per heavy atom. The number of rotatable bonds is 4. The molecular weight excluding hydrogens is 484 g/mol. The van der Waals surface area contributed by atoms with Crippen molar-refractivity contribution in [3.05, 3.63) is 117 Å². The van der Waals surface area contributed by atoms with Crippen LogP contribution in [0.2, 0.25) is 2.82 Å². The molecule has 0 bridgehead atoms. The van der Waals surface area contributed by atoms with Gasteiger partial charge in [0.05, 0.1) is 0 Å². The minimum atomic E-state index is -1.34. The summed E-state index contributed by atoms with van der Waals surface area (Å²) in [6, 6.07) is 16.1. The fraction of sp³-hybridized carbons (Fsp3) is 0.0909. The maximum atomic E-state index is 9.21. The zero-order chi connectivity index (χ0) is 20.5. The molecule has 0 fully saturated rings. The Morgan fingerprint density at radius 2 is 1.16 bits per heavy atom. The average Bonchev–Trinajstić information content (AvgIpc) is 2.76. The summed E-state index contributed by atoms with van der Waals surface area (Å²) in [5.41, 5.74) is 1.44. The third-order valence-electron chi connectivity index (χ3n) is 3.75. The second-order valence-electron chi connectivity index (χ2n) is 5.43. The van der Waals surface area contributed by atoms with E-state index >= 15 is 0 Å². The number of hydrogen-bond donors (Lipinski definition) is 2.